The van der Waals surface area contributed by atoms with Gasteiger partial charge in [0.05, 0.1) is 0 Å². The van der Waals surface area contributed by atoms with E-state index in [1.807, 2.05) is 49.4 Å². The molecule has 29 heavy (non-hydrogen) atoms. The third kappa shape index (κ3) is 6.98. The average Bonchev–Trinajstić information content (AvgIpc) is 2.73. The molecule has 0 fully saturated rings. The van der Waals surface area contributed by atoms with Gasteiger partial charge in [0.15, 0.2) is 5.82 Å². The largest absolute Gasteiger partial charge is 0.367 e. The molecule has 0 amide bonds. The van der Waals surface area contributed by atoms with Crippen LogP contribution in [0.4, 0.5) is 17.5 Å². The molecule has 0 saturated carbocycles. The van der Waals surface area contributed by atoms with Gasteiger partial charge < -0.3 is 10.6 Å². The van der Waals surface area contributed by atoms with Crippen LogP contribution in [-0.2, 0) is 10.0 Å². The Labute approximate surface area is 170 Å². The van der Waals surface area contributed by atoms with Gasteiger partial charge in [0.1, 0.15) is 11.6 Å². The molecule has 0 saturated heterocycles. The number of hydrogen-bond acceptors (Lipinski definition) is 7. The molecule has 3 rings (SSSR count). The van der Waals surface area contributed by atoms with Crippen LogP contribution < -0.4 is 15.4 Å². The van der Waals surface area contributed by atoms with E-state index in [0.29, 0.717) is 24.0 Å². The van der Waals surface area contributed by atoms with Crippen LogP contribution in [0.3, 0.4) is 0 Å². The second kappa shape index (κ2) is 9.76. The molecule has 3 N–H and O–H groups in total. The van der Waals surface area contributed by atoms with E-state index in [0.717, 1.165) is 16.5 Å². The van der Waals surface area contributed by atoms with Crippen molar-refractivity contribution in [2.24, 2.45) is 0 Å². The first-order chi connectivity index (χ1) is 14.0. The fourth-order valence-corrected chi connectivity index (χ4v) is 3.15. The Morgan fingerprint density at radius 2 is 1.62 bits per heavy atom. The number of aryl methyl sites for hydroxylation is 1. The normalized spacial score (nSPS) is 11.5. The van der Waals surface area contributed by atoms with Crippen LogP contribution in [0, 0.1) is 6.92 Å². The van der Waals surface area contributed by atoms with Crippen molar-refractivity contribution in [1.82, 2.24) is 19.9 Å². The molecular weight excluding hydrogens is 388 g/mol. The molecule has 0 aliphatic rings. The summed E-state index contributed by atoms with van der Waals surface area (Å²) in [7, 11) is -3.50. The number of sulfonamides is 1. The molecule has 9 heteroatoms. The van der Waals surface area contributed by atoms with E-state index in [1.165, 1.54) is 0 Å². The number of pyridine rings is 1. The van der Waals surface area contributed by atoms with Gasteiger partial charge >= 0.3 is 0 Å². The molecule has 0 aliphatic heterocycles. The molecule has 0 atom stereocenters. The number of rotatable bonds is 9. The van der Waals surface area contributed by atoms with Crippen LogP contribution in [0.1, 0.15) is 11.1 Å². The third-order valence-corrected chi connectivity index (χ3v) is 4.91. The zero-order valence-electron chi connectivity index (χ0n) is 15.9. The fraction of sp³-hybridized carbons (Fsp3) is 0.150. The van der Waals surface area contributed by atoms with Crippen LogP contribution in [0.25, 0.3) is 6.08 Å². The molecule has 0 aliphatic carbocycles. The number of aromatic nitrogens is 3. The highest BCUT2D eigenvalue weighted by atomic mass is 32.2. The Morgan fingerprint density at radius 3 is 2.31 bits per heavy atom. The summed E-state index contributed by atoms with van der Waals surface area (Å²) in [5.41, 5.74) is 1.90. The standard InChI is InChI=1S/C20H22N6O2S/c1-16-7-8-18(22-15-16)24-20-10-9-19(25-26-20)21-12-13-23-29(27,28)14-11-17-5-3-2-4-6-17/h2-11,14-15,23H,12-13H2,1H3,(H,21,25)(H,22,24,26)/b14-11+. The van der Waals surface area contributed by atoms with Crippen molar-refractivity contribution < 1.29 is 8.42 Å². The van der Waals surface area contributed by atoms with E-state index < -0.39 is 10.0 Å². The Kier molecular flexibility index (Phi) is 6.88. The van der Waals surface area contributed by atoms with E-state index in [2.05, 4.69) is 30.5 Å². The van der Waals surface area contributed by atoms with E-state index in [4.69, 9.17) is 0 Å². The second-order valence-electron chi connectivity index (χ2n) is 6.23. The molecule has 2 aromatic heterocycles. The minimum atomic E-state index is -3.50. The molecule has 3 aromatic rings. The third-order valence-electron chi connectivity index (χ3n) is 3.81. The summed E-state index contributed by atoms with van der Waals surface area (Å²) < 4.78 is 26.5. The first-order valence-corrected chi connectivity index (χ1v) is 10.5. The lowest BCUT2D eigenvalue weighted by atomic mass is 10.2. The second-order valence-corrected chi connectivity index (χ2v) is 7.88. The lowest BCUT2D eigenvalue weighted by Gasteiger charge is -2.07. The summed E-state index contributed by atoms with van der Waals surface area (Å²) in [4.78, 5) is 4.25. The summed E-state index contributed by atoms with van der Waals surface area (Å²) in [6.45, 7) is 2.56. The first-order valence-electron chi connectivity index (χ1n) is 9.00. The van der Waals surface area contributed by atoms with Crippen molar-refractivity contribution in [2.75, 3.05) is 23.7 Å². The maximum Gasteiger partial charge on any atom is 0.233 e. The smallest absolute Gasteiger partial charge is 0.233 e. The van der Waals surface area contributed by atoms with E-state index in [-0.39, 0.29) is 6.54 Å². The van der Waals surface area contributed by atoms with Gasteiger partial charge in [0.2, 0.25) is 10.0 Å². The molecule has 0 spiro atoms. The predicted octanol–water partition coefficient (Wildman–Crippen LogP) is 2.93. The van der Waals surface area contributed by atoms with E-state index >= 15 is 0 Å². The SMILES string of the molecule is Cc1ccc(Nc2ccc(NCCNS(=O)(=O)/C=C/c3ccccc3)nn2)nc1. The van der Waals surface area contributed by atoms with Crippen LogP contribution >= 0.6 is 0 Å². The van der Waals surface area contributed by atoms with Crippen molar-refractivity contribution in [1.29, 1.82) is 0 Å². The lowest BCUT2D eigenvalue weighted by Crippen LogP contribution is -2.27. The molecule has 0 bridgehead atoms. The maximum absolute atomic E-state index is 12.0. The monoisotopic (exact) mass is 410 g/mol. The fourth-order valence-electron chi connectivity index (χ4n) is 2.33. The zero-order valence-corrected chi connectivity index (χ0v) is 16.7. The predicted molar refractivity (Wildman–Crippen MR) is 115 cm³/mol. The highest BCUT2D eigenvalue weighted by Crippen LogP contribution is 2.12. The highest BCUT2D eigenvalue weighted by Gasteiger charge is 2.04. The van der Waals surface area contributed by atoms with E-state index in [1.54, 1.807) is 24.4 Å². The lowest BCUT2D eigenvalue weighted by molar-refractivity contribution is 0.592. The summed E-state index contributed by atoms with van der Waals surface area (Å²) >= 11 is 0. The Bertz CT molecular complexity index is 1040. The van der Waals surface area contributed by atoms with Crippen LogP contribution in [-0.4, -0.2) is 36.7 Å². The van der Waals surface area contributed by atoms with Crippen LogP contribution in [0.5, 0.6) is 0 Å². The van der Waals surface area contributed by atoms with Gasteiger partial charge in [-0.3, -0.25) is 0 Å². The van der Waals surface area contributed by atoms with Gasteiger partial charge in [0.25, 0.3) is 0 Å². The topological polar surface area (TPSA) is 109 Å². The van der Waals surface area contributed by atoms with Gasteiger partial charge in [-0.1, -0.05) is 36.4 Å². The summed E-state index contributed by atoms with van der Waals surface area (Å²) in [6, 6.07) is 16.6. The quantitative estimate of drug-likeness (QED) is 0.465. The highest BCUT2D eigenvalue weighted by molar-refractivity contribution is 7.92. The Balaban J connectivity index is 1.43. The average molecular weight is 411 g/mol. The summed E-state index contributed by atoms with van der Waals surface area (Å²) in [6.07, 6.45) is 3.32. The number of benzene rings is 1. The number of nitrogens with zero attached hydrogens (tertiary/aromatic N) is 3. The molecule has 0 radical (unpaired) electrons. The minimum absolute atomic E-state index is 0.219. The molecular formula is C20H22N6O2S. The number of hydrogen-bond donors (Lipinski definition) is 3. The van der Waals surface area contributed by atoms with Crippen molar-refractivity contribution in [2.45, 2.75) is 6.92 Å². The van der Waals surface area contributed by atoms with Gasteiger partial charge in [-0.05, 0) is 42.3 Å². The summed E-state index contributed by atoms with van der Waals surface area (Å²) in [5, 5.41) is 15.4. The van der Waals surface area contributed by atoms with Gasteiger partial charge in [-0.15, -0.1) is 10.2 Å². The number of anilines is 3. The Hall–Kier alpha value is -3.30. The zero-order chi connectivity index (χ0) is 20.5. The van der Waals surface area contributed by atoms with Crippen LogP contribution in [0.2, 0.25) is 0 Å². The Morgan fingerprint density at radius 1 is 0.897 bits per heavy atom. The van der Waals surface area contributed by atoms with Crippen molar-refractivity contribution >= 4 is 33.6 Å². The van der Waals surface area contributed by atoms with Crippen LogP contribution in [0.15, 0.2) is 66.2 Å². The molecule has 2 heterocycles. The van der Waals surface area contributed by atoms with Gasteiger partial charge in [-0.25, -0.2) is 18.1 Å². The minimum Gasteiger partial charge on any atom is -0.367 e. The molecule has 1 aromatic carbocycles. The van der Waals surface area contributed by atoms with Gasteiger partial charge in [-0.2, -0.15) is 0 Å². The molecule has 0 unspecified atom stereocenters. The van der Waals surface area contributed by atoms with Gasteiger partial charge in [0, 0.05) is 24.7 Å². The van der Waals surface area contributed by atoms with Crippen molar-refractivity contribution in [3.05, 3.63) is 77.3 Å². The number of nitrogens with one attached hydrogen (secondary N) is 3. The maximum atomic E-state index is 12.0. The molecule has 8 nitrogen and oxygen atoms in total. The van der Waals surface area contributed by atoms with Crippen molar-refractivity contribution in [3.63, 3.8) is 0 Å². The van der Waals surface area contributed by atoms with E-state index in [9.17, 15) is 8.42 Å². The van der Waals surface area contributed by atoms with Crippen molar-refractivity contribution in [3.8, 4) is 0 Å². The summed E-state index contributed by atoms with van der Waals surface area (Å²) in [5.74, 6) is 1.80. The molecule has 150 valence electrons. The first kappa shape index (κ1) is 20.4.